The Kier molecular flexibility index (Phi) is 4.87. The van der Waals surface area contributed by atoms with Gasteiger partial charge in [0.15, 0.2) is 0 Å². The Bertz CT molecular complexity index is 155. The average Bonchev–Trinajstić information content (AvgIpc) is 1.95. The Hall–Kier alpha value is -0.590. The molecule has 0 saturated heterocycles. The van der Waals surface area contributed by atoms with Crippen molar-refractivity contribution in [2.75, 3.05) is 13.2 Å². The predicted molar refractivity (Wildman–Crippen MR) is 46.5 cm³/mol. The zero-order chi connectivity index (χ0) is 9.61. The molecule has 0 aromatic carbocycles. The largest absolute Gasteiger partial charge is 0.396 e. The Balaban J connectivity index is 3.79. The lowest BCUT2D eigenvalue weighted by atomic mass is 9.90. The van der Waals surface area contributed by atoms with Gasteiger partial charge in [0, 0.05) is 12.0 Å². The van der Waals surface area contributed by atoms with Crippen molar-refractivity contribution in [1.82, 2.24) is 0 Å². The fraction of sp³-hybridized carbons (Fsp3) is 0.889. The van der Waals surface area contributed by atoms with E-state index in [1.54, 1.807) is 0 Å². The molecule has 0 fully saturated rings. The summed E-state index contributed by atoms with van der Waals surface area (Å²) in [4.78, 5) is 0. The van der Waals surface area contributed by atoms with Crippen molar-refractivity contribution in [1.29, 1.82) is 5.26 Å². The first-order chi connectivity index (χ1) is 5.52. The van der Waals surface area contributed by atoms with Crippen molar-refractivity contribution in [3.63, 3.8) is 0 Å². The van der Waals surface area contributed by atoms with Crippen molar-refractivity contribution < 1.29 is 9.84 Å². The molecule has 1 unspecified atom stereocenters. The van der Waals surface area contributed by atoms with Gasteiger partial charge in [-0.1, -0.05) is 20.8 Å². The van der Waals surface area contributed by atoms with Gasteiger partial charge in [-0.15, -0.1) is 0 Å². The average molecular weight is 171 g/mol. The summed E-state index contributed by atoms with van der Waals surface area (Å²) in [5.41, 5.74) is -0.149. The Morgan fingerprint density at radius 2 is 2.08 bits per heavy atom. The van der Waals surface area contributed by atoms with Crippen LogP contribution in [-0.4, -0.2) is 24.4 Å². The minimum absolute atomic E-state index is 0.113. The molecule has 0 aromatic rings. The summed E-state index contributed by atoms with van der Waals surface area (Å²) >= 11 is 0. The van der Waals surface area contributed by atoms with E-state index in [2.05, 4.69) is 6.07 Å². The molecule has 0 radical (unpaired) electrons. The van der Waals surface area contributed by atoms with Crippen LogP contribution in [0.2, 0.25) is 0 Å². The Labute approximate surface area is 74.0 Å². The zero-order valence-electron chi connectivity index (χ0n) is 8.00. The molecule has 0 aromatic heterocycles. The van der Waals surface area contributed by atoms with Crippen LogP contribution < -0.4 is 0 Å². The standard InChI is InChI=1S/C9H17NO2/c1-9(2,3)8(7-10)12-6-4-5-11/h8,11H,4-6H2,1-3H3. The molecule has 0 bridgehead atoms. The summed E-state index contributed by atoms with van der Waals surface area (Å²) in [5, 5.41) is 17.2. The number of nitrogens with zero attached hydrogens (tertiary/aromatic N) is 1. The van der Waals surface area contributed by atoms with Crippen LogP contribution in [0.4, 0.5) is 0 Å². The van der Waals surface area contributed by atoms with E-state index < -0.39 is 0 Å². The highest BCUT2D eigenvalue weighted by Gasteiger charge is 2.24. The maximum Gasteiger partial charge on any atom is 0.148 e. The molecule has 3 nitrogen and oxygen atoms in total. The number of nitriles is 1. The fourth-order valence-electron chi connectivity index (χ4n) is 0.747. The summed E-state index contributed by atoms with van der Waals surface area (Å²) in [5.74, 6) is 0. The fourth-order valence-corrected chi connectivity index (χ4v) is 0.747. The zero-order valence-corrected chi connectivity index (χ0v) is 8.00. The first kappa shape index (κ1) is 11.4. The van der Waals surface area contributed by atoms with Gasteiger partial charge in [-0.2, -0.15) is 5.26 Å². The highest BCUT2D eigenvalue weighted by Crippen LogP contribution is 2.21. The molecule has 0 aliphatic rings. The predicted octanol–water partition coefficient (Wildman–Crippen LogP) is 1.32. The third-order valence-electron chi connectivity index (χ3n) is 1.49. The lowest BCUT2D eigenvalue weighted by molar-refractivity contribution is 0.0138. The second-order valence-electron chi connectivity index (χ2n) is 3.82. The van der Waals surface area contributed by atoms with Gasteiger partial charge in [0.25, 0.3) is 0 Å². The van der Waals surface area contributed by atoms with E-state index in [4.69, 9.17) is 15.1 Å². The first-order valence-electron chi connectivity index (χ1n) is 4.14. The molecule has 0 heterocycles. The SMILES string of the molecule is CC(C)(C)C(C#N)OCCCO. The number of aliphatic hydroxyl groups excluding tert-OH is 1. The van der Waals surface area contributed by atoms with Gasteiger partial charge in [0.2, 0.25) is 0 Å². The lowest BCUT2D eigenvalue weighted by Crippen LogP contribution is -2.28. The molecule has 1 atom stereocenters. The van der Waals surface area contributed by atoms with Gasteiger partial charge in [-0.25, -0.2) is 0 Å². The van der Waals surface area contributed by atoms with E-state index in [-0.39, 0.29) is 18.1 Å². The topological polar surface area (TPSA) is 53.2 Å². The number of rotatable bonds is 4. The Morgan fingerprint density at radius 3 is 2.42 bits per heavy atom. The van der Waals surface area contributed by atoms with Crippen LogP contribution in [0.25, 0.3) is 0 Å². The quantitative estimate of drug-likeness (QED) is 0.649. The summed E-state index contributed by atoms with van der Waals surface area (Å²) in [6.07, 6.45) is 0.206. The minimum atomic E-state index is -0.385. The molecule has 12 heavy (non-hydrogen) atoms. The molecule has 0 saturated carbocycles. The molecule has 0 aliphatic carbocycles. The van der Waals surface area contributed by atoms with Crippen LogP contribution in [0.3, 0.4) is 0 Å². The van der Waals surface area contributed by atoms with Gasteiger partial charge in [-0.3, -0.25) is 0 Å². The van der Waals surface area contributed by atoms with Gasteiger partial charge in [0.05, 0.1) is 12.7 Å². The molecule has 1 N–H and O–H groups in total. The van der Waals surface area contributed by atoms with Gasteiger partial charge < -0.3 is 9.84 Å². The minimum Gasteiger partial charge on any atom is -0.396 e. The molecule has 0 aliphatic heterocycles. The number of ether oxygens (including phenoxy) is 1. The number of hydrogen-bond acceptors (Lipinski definition) is 3. The second kappa shape index (κ2) is 5.13. The first-order valence-corrected chi connectivity index (χ1v) is 4.14. The molecule has 3 heteroatoms. The van der Waals surface area contributed by atoms with E-state index in [9.17, 15) is 0 Å². The number of hydrogen-bond donors (Lipinski definition) is 1. The Morgan fingerprint density at radius 1 is 1.50 bits per heavy atom. The smallest absolute Gasteiger partial charge is 0.148 e. The maximum absolute atomic E-state index is 8.72. The van der Waals surface area contributed by atoms with Crippen molar-refractivity contribution >= 4 is 0 Å². The lowest BCUT2D eigenvalue weighted by Gasteiger charge is -2.24. The van der Waals surface area contributed by atoms with Crippen LogP contribution in [0.5, 0.6) is 0 Å². The van der Waals surface area contributed by atoms with E-state index in [1.807, 2.05) is 20.8 Å². The van der Waals surface area contributed by atoms with Crippen molar-refractivity contribution in [3.8, 4) is 6.07 Å². The van der Waals surface area contributed by atoms with Crippen LogP contribution in [0.1, 0.15) is 27.2 Å². The van der Waals surface area contributed by atoms with Crippen molar-refractivity contribution in [3.05, 3.63) is 0 Å². The van der Waals surface area contributed by atoms with Crippen LogP contribution in [0.15, 0.2) is 0 Å². The highest BCUT2D eigenvalue weighted by molar-refractivity contribution is 4.92. The van der Waals surface area contributed by atoms with Crippen LogP contribution in [-0.2, 0) is 4.74 Å². The molecular formula is C9H17NO2. The van der Waals surface area contributed by atoms with E-state index in [0.29, 0.717) is 13.0 Å². The third kappa shape index (κ3) is 4.32. The maximum atomic E-state index is 8.72. The van der Waals surface area contributed by atoms with Crippen LogP contribution in [0, 0.1) is 16.7 Å². The summed E-state index contributed by atoms with van der Waals surface area (Å²) in [7, 11) is 0. The third-order valence-corrected chi connectivity index (χ3v) is 1.49. The molecular weight excluding hydrogens is 154 g/mol. The van der Waals surface area contributed by atoms with E-state index >= 15 is 0 Å². The summed E-state index contributed by atoms with van der Waals surface area (Å²) in [6, 6.07) is 2.10. The van der Waals surface area contributed by atoms with E-state index in [0.717, 1.165) is 0 Å². The molecule has 70 valence electrons. The van der Waals surface area contributed by atoms with Gasteiger partial charge in [0.1, 0.15) is 6.10 Å². The second-order valence-corrected chi connectivity index (χ2v) is 3.82. The van der Waals surface area contributed by atoms with Crippen molar-refractivity contribution in [2.45, 2.75) is 33.3 Å². The van der Waals surface area contributed by atoms with Gasteiger partial charge in [-0.05, 0) is 6.42 Å². The highest BCUT2D eigenvalue weighted by atomic mass is 16.5. The normalized spacial score (nSPS) is 13.9. The van der Waals surface area contributed by atoms with Crippen molar-refractivity contribution in [2.24, 2.45) is 5.41 Å². The van der Waals surface area contributed by atoms with Crippen LogP contribution >= 0.6 is 0 Å². The molecule has 0 amide bonds. The molecule has 0 spiro atoms. The van der Waals surface area contributed by atoms with E-state index in [1.165, 1.54) is 0 Å². The number of aliphatic hydroxyl groups is 1. The summed E-state index contributed by atoms with van der Waals surface area (Å²) in [6.45, 7) is 6.44. The van der Waals surface area contributed by atoms with Gasteiger partial charge >= 0.3 is 0 Å². The summed E-state index contributed by atoms with van der Waals surface area (Å²) < 4.78 is 5.28. The molecule has 0 rings (SSSR count). The monoisotopic (exact) mass is 171 g/mol.